The molecule has 1 N–H and O–H groups in total. The quantitative estimate of drug-likeness (QED) is 0.942. The summed E-state index contributed by atoms with van der Waals surface area (Å²) < 4.78 is 1.98. The maximum Gasteiger partial charge on any atom is 0.234 e. The Bertz CT molecular complexity index is 574. The van der Waals surface area contributed by atoms with Crippen molar-refractivity contribution >= 4 is 16.3 Å². The fraction of sp³-hybridized carbons (Fsp3) is 0.786. The molecule has 0 amide bonds. The van der Waals surface area contributed by atoms with Crippen molar-refractivity contribution in [2.24, 2.45) is 0 Å². The molecule has 110 valence electrons. The van der Waals surface area contributed by atoms with E-state index in [9.17, 15) is 0 Å². The minimum Gasteiger partial charge on any atom is -0.312 e. The first kappa shape index (κ1) is 13.9. The number of fused-ring (bicyclic) bond motifs is 1. The predicted molar refractivity (Wildman–Crippen MR) is 81.3 cm³/mol. The van der Waals surface area contributed by atoms with Crippen molar-refractivity contribution in [2.45, 2.75) is 64.3 Å². The summed E-state index contributed by atoms with van der Waals surface area (Å²) in [7, 11) is 0. The standard InChI is InChI=1S/C14H23N5S/c1-14(2,3)15-9-8-11-18-19-12(10-6-4-5-7-10)16-17-13(19)20-11/h10,15H,4-9H2,1-3H3. The largest absolute Gasteiger partial charge is 0.312 e. The summed E-state index contributed by atoms with van der Waals surface area (Å²) in [6, 6.07) is 0. The van der Waals surface area contributed by atoms with Crippen LogP contribution in [0, 0.1) is 0 Å². The van der Waals surface area contributed by atoms with Crippen LogP contribution in [0.15, 0.2) is 0 Å². The Morgan fingerprint density at radius 1 is 1.25 bits per heavy atom. The smallest absolute Gasteiger partial charge is 0.234 e. The first-order valence-corrected chi connectivity index (χ1v) is 8.31. The average Bonchev–Trinajstić information content (AvgIpc) is 3.00. The predicted octanol–water partition coefficient (Wildman–Crippen LogP) is 2.77. The Morgan fingerprint density at radius 2 is 2.00 bits per heavy atom. The zero-order valence-corrected chi connectivity index (χ0v) is 13.3. The van der Waals surface area contributed by atoms with Crippen LogP contribution in [0.2, 0.25) is 0 Å². The van der Waals surface area contributed by atoms with E-state index in [1.165, 1.54) is 25.7 Å². The summed E-state index contributed by atoms with van der Waals surface area (Å²) in [4.78, 5) is 0.942. The highest BCUT2D eigenvalue weighted by Crippen LogP contribution is 2.33. The Kier molecular flexibility index (Phi) is 3.77. The van der Waals surface area contributed by atoms with E-state index in [4.69, 9.17) is 5.10 Å². The zero-order valence-electron chi connectivity index (χ0n) is 12.5. The molecule has 2 aromatic rings. The van der Waals surface area contributed by atoms with E-state index in [0.717, 1.165) is 28.8 Å². The molecule has 20 heavy (non-hydrogen) atoms. The Balaban J connectivity index is 1.71. The lowest BCUT2D eigenvalue weighted by Crippen LogP contribution is -2.37. The molecule has 2 aromatic heterocycles. The normalized spacial score (nSPS) is 17.4. The maximum atomic E-state index is 4.71. The molecule has 6 heteroatoms. The number of rotatable bonds is 4. The summed E-state index contributed by atoms with van der Waals surface area (Å²) in [5, 5.41) is 18.0. The molecular formula is C14H23N5S. The zero-order chi connectivity index (χ0) is 14.2. The molecule has 0 aliphatic heterocycles. The van der Waals surface area contributed by atoms with Crippen LogP contribution >= 0.6 is 11.3 Å². The van der Waals surface area contributed by atoms with Crippen molar-refractivity contribution < 1.29 is 0 Å². The molecule has 1 aliphatic rings. The molecule has 2 heterocycles. The van der Waals surface area contributed by atoms with Crippen molar-refractivity contribution in [3.63, 3.8) is 0 Å². The molecule has 0 aromatic carbocycles. The Labute approximate surface area is 123 Å². The van der Waals surface area contributed by atoms with Crippen LogP contribution < -0.4 is 5.32 Å². The molecule has 3 rings (SSSR count). The highest BCUT2D eigenvalue weighted by atomic mass is 32.1. The van der Waals surface area contributed by atoms with Crippen LogP contribution in [-0.4, -0.2) is 31.9 Å². The van der Waals surface area contributed by atoms with Gasteiger partial charge in [-0.3, -0.25) is 0 Å². The molecule has 0 bridgehead atoms. The SMILES string of the molecule is CC(C)(C)NCCc1nn2c(C3CCCC3)nnc2s1. The van der Waals surface area contributed by atoms with Gasteiger partial charge in [0.2, 0.25) is 4.96 Å². The van der Waals surface area contributed by atoms with Crippen LogP contribution in [0.3, 0.4) is 0 Å². The fourth-order valence-corrected chi connectivity index (χ4v) is 3.60. The maximum absolute atomic E-state index is 4.71. The van der Waals surface area contributed by atoms with Crippen molar-refractivity contribution in [3.05, 3.63) is 10.8 Å². The summed E-state index contributed by atoms with van der Waals surface area (Å²) in [6.07, 6.45) is 6.05. The number of hydrogen-bond acceptors (Lipinski definition) is 5. The van der Waals surface area contributed by atoms with E-state index in [-0.39, 0.29) is 5.54 Å². The molecular weight excluding hydrogens is 270 g/mol. The van der Waals surface area contributed by atoms with Gasteiger partial charge in [0.05, 0.1) is 0 Å². The minimum atomic E-state index is 0.161. The number of nitrogens with zero attached hydrogens (tertiary/aromatic N) is 4. The van der Waals surface area contributed by atoms with E-state index in [0.29, 0.717) is 5.92 Å². The van der Waals surface area contributed by atoms with Gasteiger partial charge in [-0.05, 0) is 33.6 Å². The van der Waals surface area contributed by atoms with Gasteiger partial charge < -0.3 is 5.32 Å². The number of aromatic nitrogens is 4. The fourth-order valence-electron chi connectivity index (χ4n) is 2.76. The van der Waals surface area contributed by atoms with E-state index in [1.807, 2.05) is 4.52 Å². The second kappa shape index (κ2) is 5.41. The van der Waals surface area contributed by atoms with Crippen molar-refractivity contribution in [3.8, 4) is 0 Å². The molecule has 0 radical (unpaired) electrons. The summed E-state index contributed by atoms with van der Waals surface area (Å²) >= 11 is 1.67. The Morgan fingerprint density at radius 3 is 2.70 bits per heavy atom. The van der Waals surface area contributed by atoms with E-state index >= 15 is 0 Å². The topological polar surface area (TPSA) is 55.1 Å². The van der Waals surface area contributed by atoms with Gasteiger partial charge in [0.15, 0.2) is 5.82 Å². The van der Waals surface area contributed by atoms with Gasteiger partial charge in [0, 0.05) is 24.4 Å². The second-order valence-corrected chi connectivity index (χ2v) is 7.70. The molecule has 1 saturated carbocycles. The first-order chi connectivity index (χ1) is 9.53. The van der Waals surface area contributed by atoms with Gasteiger partial charge in [0.1, 0.15) is 5.01 Å². The summed E-state index contributed by atoms with van der Waals surface area (Å²) in [5.74, 6) is 1.64. The van der Waals surface area contributed by atoms with Gasteiger partial charge in [0.25, 0.3) is 0 Å². The third kappa shape index (κ3) is 3.01. The van der Waals surface area contributed by atoms with Crippen LogP contribution in [0.1, 0.15) is 63.2 Å². The van der Waals surface area contributed by atoms with E-state index in [2.05, 4.69) is 36.3 Å². The van der Waals surface area contributed by atoms with Gasteiger partial charge >= 0.3 is 0 Å². The molecule has 0 saturated heterocycles. The van der Waals surface area contributed by atoms with Crippen LogP contribution in [-0.2, 0) is 6.42 Å². The van der Waals surface area contributed by atoms with Crippen molar-refractivity contribution in [1.29, 1.82) is 0 Å². The van der Waals surface area contributed by atoms with E-state index < -0.39 is 0 Å². The van der Waals surface area contributed by atoms with Crippen LogP contribution in [0.25, 0.3) is 4.96 Å². The third-order valence-electron chi connectivity index (χ3n) is 3.77. The van der Waals surface area contributed by atoms with E-state index in [1.54, 1.807) is 11.3 Å². The monoisotopic (exact) mass is 293 g/mol. The molecule has 5 nitrogen and oxygen atoms in total. The second-order valence-electron chi connectivity index (χ2n) is 6.66. The van der Waals surface area contributed by atoms with Crippen molar-refractivity contribution in [2.75, 3.05) is 6.54 Å². The summed E-state index contributed by atoms with van der Waals surface area (Å²) in [6.45, 7) is 7.50. The lowest BCUT2D eigenvalue weighted by Gasteiger charge is -2.19. The third-order valence-corrected chi connectivity index (χ3v) is 4.73. The summed E-state index contributed by atoms with van der Waals surface area (Å²) in [5.41, 5.74) is 0.161. The van der Waals surface area contributed by atoms with Crippen molar-refractivity contribution in [1.82, 2.24) is 25.1 Å². The van der Waals surface area contributed by atoms with Gasteiger partial charge in [-0.15, -0.1) is 10.2 Å². The lowest BCUT2D eigenvalue weighted by atomic mass is 10.1. The molecule has 0 unspecified atom stereocenters. The lowest BCUT2D eigenvalue weighted by molar-refractivity contribution is 0.429. The van der Waals surface area contributed by atoms with Gasteiger partial charge in [-0.25, -0.2) is 0 Å². The van der Waals surface area contributed by atoms with Gasteiger partial charge in [-0.2, -0.15) is 9.61 Å². The molecule has 0 atom stereocenters. The number of nitrogens with one attached hydrogen (secondary N) is 1. The highest BCUT2D eigenvalue weighted by molar-refractivity contribution is 7.16. The van der Waals surface area contributed by atoms with Crippen LogP contribution in [0.5, 0.6) is 0 Å². The van der Waals surface area contributed by atoms with Gasteiger partial charge in [-0.1, -0.05) is 24.2 Å². The highest BCUT2D eigenvalue weighted by Gasteiger charge is 2.24. The molecule has 0 spiro atoms. The number of hydrogen-bond donors (Lipinski definition) is 1. The Hall–Kier alpha value is -1.01. The minimum absolute atomic E-state index is 0.161. The molecule has 1 aliphatic carbocycles. The average molecular weight is 293 g/mol. The molecule has 1 fully saturated rings. The first-order valence-electron chi connectivity index (χ1n) is 7.49. The van der Waals surface area contributed by atoms with Crippen LogP contribution in [0.4, 0.5) is 0 Å².